The van der Waals surface area contributed by atoms with Crippen LogP contribution in [0.3, 0.4) is 0 Å². The fourth-order valence-electron chi connectivity index (χ4n) is 3.72. The van der Waals surface area contributed by atoms with E-state index in [0.717, 1.165) is 30.4 Å². The van der Waals surface area contributed by atoms with E-state index in [-0.39, 0.29) is 12.2 Å². The Morgan fingerprint density at radius 2 is 1.55 bits per heavy atom. The van der Waals surface area contributed by atoms with Crippen molar-refractivity contribution in [1.82, 2.24) is 0 Å². The molecule has 0 unspecified atom stereocenters. The van der Waals surface area contributed by atoms with Gasteiger partial charge in [-0.15, -0.1) is 0 Å². The minimum Gasteiger partial charge on any atom is -0.490 e. The van der Waals surface area contributed by atoms with Crippen LogP contribution in [0.5, 0.6) is 28.7 Å². The molecule has 0 radical (unpaired) electrons. The van der Waals surface area contributed by atoms with E-state index in [0.29, 0.717) is 53.8 Å². The molecule has 0 N–H and O–H groups in total. The fraction of sp³-hybridized carbons (Fsp3) is 0.500. The van der Waals surface area contributed by atoms with Gasteiger partial charge in [-0.3, -0.25) is 4.79 Å². The number of ketones is 1. The van der Waals surface area contributed by atoms with Crippen LogP contribution in [0.1, 0.15) is 64.5 Å². The number of carbonyl (C=O) groups is 1. The molecule has 31 heavy (non-hydrogen) atoms. The van der Waals surface area contributed by atoms with Crippen molar-refractivity contribution in [3.05, 3.63) is 41.5 Å². The molecular formula is C26H34O5. The van der Waals surface area contributed by atoms with Gasteiger partial charge in [0.25, 0.3) is 0 Å². The van der Waals surface area contributed by atoms with E-state index in [1.165, 1.54) is 0 Å². The predicted octanol–water partition coefficient (Wildman–Crippen LogP) is 6.29. The maximum absolute atomic E-state index is 12.4. The summed E-state index contributed by atoms with van der Waals surface area (Å²) < 4.78 is 24.2. The summed E-state index contributed by atoms with van der Waals surface area (Å²) in [5.41, 5.74) is 2.11. The zero-order valence-electron chi connectivity index (χ0n) is 19.3. The number of fused-ring (bicyclic) bond motifs is 8. The summed E-state index contributed by atoms with van der Waals surface area (Å²) in [6, 6.07) is 9.84. The van der Waals surface area contributed by atoms with Gasteiger partial charge >= 0.3 is 0 Å². The van der Waals surface area contributed by atoms with Crippen LogP contribution in [-0.2, 0) is 17.6 Å². The third kappa shape index (κ3) is 6.16. The first kappa shape index (κ1) is 23.0. The molecule has 0 spiro atoms. The lowest BCUT2D eigenvalue weighted by molar-refractivity contribution is -0.119. The molecule has 0 saturated heterocycles. The first-order valence-corrected chi connectivity index (χ1v) is 11.2. The molecule has 2 heterocycles. The van der Waals surface area contributed by atoms with Crippen LogP contribution < -0.4 is 18.9 Å². The molecule has 4 rings (SSSR count). The van der Waals surface area contributed by atoms with Crippen molar-refractivity contribution in [2.75, 3.05) is 7.11 Å². The molecule has 168 valence electrons. The highest BCUT2D eigenvalue weighted by molar-refractivity contribution is 5.78. The lowest BCUT2D eigenvalue weighted by Crippen LogP contribution is -2.10. The van der Waals surface area contributed by atoms with Crippen LogP contribution in [0.15, 0.2) is 30.3 Å². The SMILES string of the molecule is COc1c2ccc(c1OC(C)C)CCCCC(=O)CCc1ccc(OC(C)C)c(c1)O2. The summed E-state index contributed by atoms with van der Waals surface area (Å²) in [5.74, 6) is 3.43. The van der Waals surface area contributed by atoms with E-state index in [4.69, 9.17) is 18.9 Å². The van der Waals surface area contributed by atoms with Crippen molar-refractivity contribution in [2.45, 2.75) is 78.4 Å². The first-order valence-electron chi connectivity index (χ1n) is 11.2. The van der Waals surface area contributed by atoms with Gasteiger partial charge in [-0.2, -0.15) is 0 Å². The third-order valence-corrected chi connectivity index (χ3v) is 5.15. The minimum absolute atomic E-state index is 0.00488. The Balaban J connectivity index is 2.10. The van der Waals surface area contributed by atoms with Gasteiger partial charge in [0.2, 0.25) is 5.75 Å². The van der Waals surface area contributed by atoms with Gasteiger partial charge in [-0.1, -0.05) is 12.1 Å². The molecule has 0 saturated carbocycles. The van der Waals surface area contributed by atoms with Gasteiger partial charge < -0.3 is 18.9 Å². The molecule has 2 aromatic rings. The number of hydrogen-bond donors (Lipinski definition) is 0. The second-order valence-corrected chi connectivity index (χ2v) is 8.55. The van der Waals surface area contributed by atoms with Crippen LogP contribution in [0.2, 0.25) is 0 Å². The Hall–Kier alpha value is -2.69. The van der Waals surface area contributed by atoms with Crippen molar-refractivity contribution in [3.63, 3.8) is 0 Å². The summed E-state index contributed by atoms with van der Waals surface area (Å²) in [5, 5.41) is 0. The van der Waals surface area contributed by atoms with Gasteiger partial charge in [-0.05, 0) is 82.7 Å². The molecule has 0 amide bonds. The van der Waals surface area contributed by atoms with Crippen molar-refractivity contribution in [3.8, 4) is 28.7 Å². The van der Waals surface area contributed by atoms with Crippen LogP contribution in [0.4, 0.5) is 0 Å². The molecule has 4 bridgehead atoms. The molecule has 5 nitrogen and oxygen atoms in total. The van der Waals surface area contributed by atoms with Gasteiger partial charge in [0.05, 0.1) is 19.3 Å². The summed E-state index contributed by atoms with van der Waals surface area (Å²) in [6.07, 6.45) is 4.45. The van der Waals surface area contributed by atoms with E-state index in [1.54, 1.807) is 7.11 Å². The third-order valence-electron chi connectivity index (χ3n) is 5.15. The number of hydrogen-bond acceptors (Lipinski definition) is 5. The highest BCUT2D eigenvalue weighted by atomic mass is 16.6. The van der Waals surface area contributed by atoms with Gasteiger partial charge in [-0.25, -0.2) is 0 Å². The summed E-state index contributed by atoms with van der Waals surface area (Å²) in [4.78, 5) is 12.4. The molecule has 0 atom stereocenters. The van der Waals surface area contributed by atoms with Crippen molar-refractivity contribution in [1.29, 1.82) is 0 Å². The molecule has 0 aliphatic carbocycles. The van der Waals surface area contributed by atoms with E-state index < -0.39 is 0 Å². The lowest BCUT2D eigenvalue weighted by Gasteiger charge is -2.21. The number of carbonyl (C=O) groups excluding carboxylic acids is 1. The summed E-state index contributed by atoms with van der Waals surface area (Å²) in [7, 11) is 1.63. The topological polar surface area (TPSA) is 54.0 Å². The van der Waals surface area contributed by atoms with Crippen molar-refractivity contribution >= 4 is 5.78 Å². The normalized spacial score (nSPS) is 14.7. The standard InChI is InChI=1S/C26H34O5/c1-17(2)29-22-14-11-19-10-13-21(27)9-7-6-8-20-12-15-23(31-24(22)16-19)26(28-5)25(20)30-18(3)4/h11-12,14-18H,6-10,13H2,1-5H3. The maximum atomic E-state index is 12.4. The zero-order chi connectivity index (χ0) is 22.4. The van der Waals surface area contributed by atoms with E-state index in [1.807, 2.05) is 58.0 Å². The van der Waals surface area contributed by atoms with Crippen molar-refractivity contribution < 1.29 is 23.7 Å². The Morgan fingerprint density at radius 1 is 0.806 bits per heavy atom. The zero-order valence-corrected chi connectivity index (χ0v) is 19.3. The Morgan fingerprint density at radius 3 is 2.26 bits per heavy atom. The van der Waals surface area contributed by atoms with Crippen molar-refractivity contribution in [2.24, 2.45) is 0 Å². The van der Waals surface area contributed by atoms with Gasteiger partial charge in [0.15, 0.2) is 23.0 Å². The maximum Gasteiger partial charge on any atom is 0.204 e. The second-order valence-electron chi connectivity index (χ2n) is 8.55. The average Bonchev–Trinajstić information content (AvgIpc) is 2.72. The smallest absolute Gasteiger partial charge is 0.204 e. The quantitative estimate of drug-likeness (QED) is 0.562. The number of Topliss-reactive ketones (excluding diaryl/α,β-unsaturated/α-hetero) is 1. The monoisotopic (exact) mass is 426 g/mol. The summed E-state index contributed by atoms with van der Waals surface area (Å²) in [6.45, 7) is 7.96. The Labute approximate surface area is 185 Å². The average molecular weight is 427 g/mol. The minimum atomic E-state index is -0.00488. The number of methoxy groups -OCH3 is 1. The first-order chi connectivity index (χ1) is 14.9. The van der Waals surface area contributed by atoms with Crippen LogP contribution in [-0.4, -0.2) is 25.1 Å². The van der Waals surface area contributed by atoms with Gasteiger partial charge in [0.1, 0.15) is 5.78 Å². The number of ether oxygens (including phenoxy) is 4. The van der Waals surface area contributed by atoms with E-state index in [9.17, 15) is 4.79 Å². The highest BCUT2D eigenvalue weighted by Crippen LogP contribution is 2.45. The van der Waals surface area contributed by atoms with E-state index >= 15 is 0 Å². The number of aryl methyl sites for hydroxylation is 2. The molecule has 2 aliphatic heterocycles. The summed E-state index contributed by atoms with van der Waals surface area (Å²) >= 11 is 0. The molecular weight excluding hydrogens is 392 g/mol. The molecule has 0 aromatic heterocycles. The molecule has 2 aromatic carbocycles. The van der Waals surface area contributed by atoms with Crippen LogP contribution >= 0.6 is 0 Å². The second kappa shape index (κ2) is 10.6. The van der Waals surface area contributed by atoms with E-state index in [2.05, 4.69) is 0 Å². The fourth-order valence-corrected chi connectivity index (χ4v) is 3.72. The number of benzene rings is 2. The molecule has 5 heteroatoms. The van der Waals surface area contributed by atoms with Crippen LogP contribution in [0.25, 0.3) is 0 Å². The largest absolute Gasteiger partial charge is 0.490 e. The Kier molecular flexibility index (Phi) is 7.83. The van der Waals surface area contributed by atoms with Gasteiger partial charge in [0, 0.05) is 12.8 Å². The molecule has 0 fully saturated rings. The lowest BCUT2D eigenvalue weighted by atomic mass is 10.0. The Bertz CT molecular complexity index is 901. The molecule has 2 aliphatic rings. The van der Waals surface area contributed by atoms with Crippen LogP contribution in [0, 0.1) is 0 Å². The predicted molar refractivity (Wildman–Crippen MR) is 122 cm³/mol. The number of rotatable bonds is 5. The highest BCUT2D eigenvalue weighted by Gasteiger charge is 2.21.